The minimum Gasteiger partial charge on any atom is -0.481 e. The van der Waals surface area contributed by atoms with Crippen molar-refractivity contribution in [1.82, 2.24) is 5.32 Å². The van der Waals surface area contributed by atoms with E-state index in [9.17, 15) is 143 Å². The van der Waals surface area contributed by atoms with Crippen LogP contribution in [0.5, 0.6) is 0 Å². The summed E-state index contributed by atoms with van der Waals surface area (Å²) in [4.78, 5) is 56.1. The number of sulfone groups is 2. The topological polar surface area (TPSA) is 832 Å². The molecule has 1 aromatic rings. The Morgan fingerprint density at radius 3 is 0.718 bits per heavy atom. The van der Waals surface area contributed by atoms with E-state index < -0.39 is 372 Å². The lowest BCUT2D eigenvalue weighted by Gasteiger charge is -2.50. The van der Waals surface area contributed by atoms with Crippen molar-refractivity contribution in [3.8, 4) is 0 Å². The highest BCUT2D eigenvalue weighted by Crippen LogP contribution is 2.40. The molecule has 21 aliphatic heterocycles. The molecule has 0 aromatic heterocycles. The Labute approximate surface area is 857 Å². The molecular weight excluding hydrogens is 2060 g/mol. The number of carboxylic acids is 1. The maximum absolute atomic E-state index is 14.7. The van der Waals surface area contributed by atoms with E-state index in [0.717, 1.165) is 24.3 Å². The van der Waals surface area contributed by atoms with E-state index in [0.29, 0.717) is 79.3 Å². The largest absolute Gasteiger partial charge is 0.481 e. The molecule has 0 radical (unpaired) electrons. The molecule has 1 amide bonds. The number of aliphatic hydroxyl groups excluding tert-OH is 20. The van der Waals surface area contributed by atoms with Crippen LogP contribution in [-0.4, -0.2) is 618 Å². The van der Waals surface area contributed by atoms with Crippen LogP contribution in [0, 0.1) is 11.8 Å². The lowest BCUT2D eigenvalue weighted by molar-refractivity contribution is -0.396. The van der Waals surface area contributed by atoms with Gasteiger partial charge in [0.05, 0.1) is 240 Å². The summed E-state index contributed by atoms with van der Waals surface area (Å²) < 4.78 is 213. The number of ether oxygens (including phenoxy) is 28. The van der Waals surface area contributed by atoms with E-state index in [4.69, 9.17) is 133 Å². The summed E-state index contributed by atoms with van der Waals surface area (Å²) in [6.07, 6.45) is -78.7. The van der Waals surface area contributed by atoms with Crippen molar-refractivity contribution in [1.29, 1.82) is 0 Å². The molecule has 14 bridgehead atoms. The average Bonchev–Trinajstić information content (AvgIpc) is 1.03. The SMILES string of the molecule is COCCOCCOCCOCCOCCOCCOCCS(=O)(=O)CC(CS(=O)(=O)CCOCCOCCOCCOCCOCCOCCOC)C(=O)c1ccc(C(=O)C[C@@H](CCC(=O)O)C(=O)NC[C@H]2O[C@@H]3O[C@H]4[C@H](O)[C@@H](O)[C@@H](O[C@H]5[C@H](O)[C@@H](O)[C@@H](O[C@H]6[C@H](O)[C@@H](O)[C@@H](O[C@H]7[C@H](O)[C@@H](O)[C@@H](O[C@H]8[C@H](O)[C@@H](O)[C@@H](O[C@H]9[C@H](O)[C@@H](O)[C@@H](O[C@H]2[C@H](O)[C@H]3O)O[C@@H]9CO)O[C@@H]8CO)O[C@@H]7CO)O[C@@H]6CO)O[C@@H]5CO)O[C@@H]4CO)cc1. The maximum Gasteiger partial charge on any atom is 0.303 e. The van der Waals surface area contributed by atoms with E-state index in [1.54, 1.807) is 14.2 Å². The van der Waals surface area contributed by atoms with Crippen LogP contribution in [-0.2, 0) is 162 Å². The third-order valence-electron chi connectivity index (χ3n) is 25.0. The normalized spacial score (nSPS) is 34.7. The van der Waals surface area contributed by atoms with Gasteiger partial charge in [0.15, 0.2) is 75.3 Å². The number of hydrogen-bond donors (Lipinski definition) is 22. The summed E-state index contributed by atoms with van der Waals surface area (Å²) in [7, 11) is -5.52. The van der Waals surface area contributed by atoms with E-state index in [1.165, 1.54) is 0 Å². The minimum atomic E-state index is -4.33. The molecule has 149 heavy (non-hydrogen) atoms. The Bertz CT molecular complexity index is 4060. The number of amides is 1. The Morgan fingerprint density at radius 2 is 0.497 bits per heavy atom. The first kappa shape index (κ1) is 128. The second-order valence-corrected chi connectivity index (χ2v) is 40.1. The zero-order valence-corrected chi connectivity index (χ0v) is 84.0. The van der Waals surface area contributed by atoms with E-state index in [-0.39, 0.29) is 90.4 Å². The Morgan fingerprint density at radius 1 is 0.289 bits per heavy atom. The predicted molar refractivity (Wildman–Crippen MR) is 489 cm³/mol. The number of ketones is 2. The number of hydrogen-bond acceptors (Lipinski definition) is 56. The second-order valence-electron chi connectivity index (χ2n) is 35.7. The van der Waals surface area contributed by atoms with Crippen molar-refractivity contribution >= 4 is 43.1 Å². The van der Waals surface area contributed by atoms with Gasteiger partial charge in [-0.3, -0.25) is 19.2 Å². The van der Waals surface area contributed by atoms with Crippen molar-refractivity contribution in [3.05, 3.63) is 35.4 Å². The fourth-order valence-corrected chi connectivity index (χ4v) is 19.8. The first-order valence-electron chi connectivity index (χ1n) is 48.8. The standard InChI is InChI=1S/C89H149NO57S2/c1-120-9-11-122-13-15-124-17-19-126-21-23-128-25-27-130-29-31-132-33-35-148(116,117)45-50(46-149(118,119)36-34-133-32-30-131-28-26-129-24-22-127-20-18-125-16-14-123-12-10-121-2)60(100)48-5-3-47(4-6-48)51(97)37-49(7-8-59(98)99)82(115)90-38-52-75-61(101)68(108)83(134-52)142-76-53(39-91)136-85(70(110)63(76)103)144-78-55(41-93)138-87(72(112)65(78)105)146-80-57(43-95)140-89(74(114)67(80)107)147-81-58(44-96)139-88(73(113)66(81)106)145-79-56(42-94)137-86(71(111)64(79)104)143-77-54(40-92)135-84(141-75)69(109)62(77)102/h3-6,49-50,52-58,61-81,83-89,91-96,101-114H,7-46H2,1-2H3,(H,90,115)(H,98,99)/t49-,52-,53-,54-,55-,56-,57-,58-,61-,62-,63-,64-,65-,66-,67-,68-,69-,70-,71-,72-,73-,74-,75-,76-,77-,78-,79-,80-,81-,83-,84-,85-,86-,87-,88-,89-/m1/s1. The van der Waals surface area contributed by atoms with Crippen molar-refractivity contribution in [2.45, 2.75) is 234 Å². The molecule has 0 aliphatic carbocycles. The summed E-state index contributed by atoms with van der Waals surface area (Å²) in [5, 5.41) is 241. The number of carboxylic acid groups (broad SMARTS) is 1. The zero-order chi connectivity index (χ0) is 108. The minimum absolute atomic E-state index is 0.0244. The first-order chi connectivity index (χ1) is 71.5. The van der Waals surface area contributed by atoms with Gasteiger partial charge in [0, 0.05) is 50.7 Å². The van der Waals surface area contributed by atoms with Gasteiger partial charge in [-0.05, 0) is 6.42 Å². The smallest absolute Gasteiger partial charge is 0.303 e. The third kappa shape index (κ3) is 39.0. The number of carbonyl (C=O) groups is 4. The molecule has 58 nitrogen and oxygen atoms in total. The van der Waals surface area contributed by atoms with Crippen molar-refractivity contribution in [3.63, 3.8) is 0 Å². The van der Waals surface area contributed by atoms with Crippen LogP contribution in [0.4, 0.5) is 0 Å². The number of rotatable bonds is 63. The van der Waals surface area contributed by atoms with Crippen molar-refractivity contribution in [2.75, 3.05) is 255 Å². The van der Waals surface area contributed by atoms with Gasteiger partial charge in [-0.1, -0.05) is 24.3 Å². The number of nitrogens with one attached hydrogen (secondary N) is 1. The molecule has 60 heteroatoms. The van der Waals surface area contributed by atoms with E-state index in [2.05, 4.69) is 5.32 Å². The van der Waals surface area contributed by atoms with Crippen LogP contribution < -0.4 is 5.32 Å². The van der Waals surface area contributed by atoms with Crippen LogP contribution in [0.25, 0.3) is 0 Å². The fraction of sp³-hybridized carbons (Fsp3) is 0.888. The molecule has 0 spiro atoms. The van der Waals surface area contributed by atoms with Crippen LogP contribution >= 0.6 is 0 Å². The third-order valence-corrected chi connectivity index (χ3v) is 28.4. The number of Topliss-reactive ketones (excluding diaryl/α,β-unsaturated/α-hetero) is 2. The van der Waals surface area contributed by atoms with Gasteiger partial charge < -0.3 is 245 Å². The molecular formula is C89H149NO57S2. The van der Waals surface area contributed by atoms with Gasteiger partial charge in [0.1, 0.15) is 171 Å². The van der Waals surface area contributed by atoms with Crippen molar-refractivity contribution in [2.24, 2.45) is 11.8 Å². The number of carbonyl (C=O) groups excluding carboxylic acids is 3. The van der Waals surface area contributed by atoms with E-state index >= 15 is 0 Å². The van der Waals surface area contributed by atoms with Crippen LogP contribution in [0.2, 0.25) is 0 Å². The van der Waals surface area contributed by atoms with Gasteiger partial charge in [-0.25, -0.2) is 16.8 Å². The molecule has 36 atom stereocenters. The quantitative estimate of drug-likeness (QED) is 0.0213. The number of methoxy groups -OCH3 is 2. The molecule has 21 fully saturated rings. The molecule has 0 saturated carbocycles. The van der Waals surface area contributed by atoms with Gasteiger partial charge >= 0.3 is 5.97 Å². The van der Waals surface area contributed by atoms with Gasteiger partial charge in [0.25, 0.3) is 0 Å². The van der Waals surface area contributed by atoms with E-state index in [1.807, 2.05) is 0 Å². The lowest BCUT2D eigenvalue weighted by atomic mass is 9.92. The van der Waals surface area contributed by atoms with Gasteiger partial charge in [-0.15, -0.1) is 0 Å². The maximum atomic E-state index is 14.7. The first-order valence-corrected chi connectivity index (χ1v) is 52.5. The molecule has 21 aliphatic rings. The highest BCUT2D eigenvalue weighted by Gasteiger charge is 2.60. The van der Waals surface area contributed by atoms with Crippen LogP contribution in [0.3, 0.4) is 0 Å². The monoisotopic (exact) mass is 2210 g/mol. The summed E-state index contributed by atoms with van der Waals surface area (Å²) in [6, 6.07) is 4.33. The summed E-state index contributed by atoms with van der Waals surface area (Å²) in [5.41, 5.74) is -0.539. The molecule has 22 N–H and O–H groups in total. The fourth-order valence-electron chi connectivity index (χ4n) is 16.8. The summed E-state index contributed by atoms with van der Waals surface area (Å²) in [5.74, 6) is -11.4. The molecule has 1 aromatic carbocycles. The van der Waals surface area contributed by atoms with Crippen LogP contribution in [0.1, 0.15) is 40.0 Å². The van der Waals surface area contributed by atoms with Gasteiger partial charge in [0.2, 0.25) is 5.91 Å². The second kappa shape index (κ2) is 66.4. The Kier molecular flexibility index (Phi) is 57.0. The Hall–Kier alpha value is -4.52. The summed E-state index contributed by atoms with van der Waals surface area (Å²) >= 11 is 0. The molecule has 21 saturated heterocycles. The average molecular weight is 2210 g/mol. The highest BCUT2D eigenvalue weighted by molar-refractivity contribution is 7.92. The lowest BCUT2D eigenvalue weighted by Crippen LogP contribution is -2.68. The molecule has 864 valence electrons. The van der Waals surface area contributed by atoms with Crippen molar-refractivity contribution < 1.29 is 276 Å². The summed E-state index contributed by atoms with van der Waals surface area (Å²) in [6.45, 7) is -2.26. The molecule has 22 rings (SSSR count). The number of benzene rings is 1. The number of aliphatic carboxylic acids is 1. The van der Waals surface area contributed by atoms with Crippen LogP contribution in [0.15, 0.2) is 24.3 Å². The number of aliphatic hydroxyl groups is 20. The Balaban J connectivity index is 0.892. The predicted octanol–water partition coefficient (Wildman–Crippen LogP) is -14.2. The highest BCUT2D eigenvalue weighted by atomic mass is 32.2. The van der Waals surface area contributed by atoms with Gasteiger partial charge in [-0.2, -0.15) is 0 Å². The zero-order valence-electron chi connectivity index (χ0n) is 82.4. The molecule has 21 heterocycles. The molecule has 0 unspecified atom stereocenters.